The highest BCUT2D eigenvalue weighted by molar-refractivity contribution is 5.92. The second-order valence-electron chi connectivity index (χ2n) is 3.55. The molecule has 76 valence electrons. The third-order valence-corrected chi connectivity index (χ3v) is 2.50. The highest BCUT2D eigenvalue weighted by Gasteiger charge is 2.17. The minimum absolute atomic E-state index is 0.0379. The molecule has 15 heavy (non-hydrogen) atoms. The van der Waals surface area contributed by atoms with Crippen LogP contribution < -0.4 is 0 Å². The number of rotatable bonds is 3. The first-order valence-corrected chi connectivity index (χ1v) is 5.00. The number of nitrogens with zero attached hydrogens (tertiary/aromatic N) is 1. The van der Waals surface area contributed by atoms with Gasteiger partial charge in [-0.2, -0.15) is 0 Å². The molecule has 2 heteroatoms. The molecule has 1 aromatic carbocycles. The van der Waals surface area contributed by atoms with Crippen molar-refractivity contribution in [3.63, 3.8) is 0 Å². The third-order valence-electron chi connectivity index (χ3n) is 2.50. The van der Waals surface area contributed by atoms with Crippen LogP contribution >= 0.6 is 0 Å². The molecule has 1 aliphatic rings. The number of carbonyl (C=O) groups excluding carboxylic acids is 1. The van der Waals surface area contributed by atoms with Crippen molar-refractivity contribution in [3.8, 4) is 0 Å². The lowest BCUT2D eigenvalue weighted by atomic mass is 10.1. The predicted molar refractivity (Wildman–Crippen MR) is 60.1 cm³/mol. The van der Waals surface area contributed by atoms with Crippen LogP contribution in [0.25, 0.3) is 0 Å². The van der Waals surface area contributed by atoms with Gasteiger partial charge >= 0.3 is 0 Å². The largest absolute Gasteiger partial charge is 0.309 e. The fourth-order valence-corrected chi connectivity index (χ4v) is 1.63. The minimum atomic E-state index is 0.0379. The van der Waals surface area contributed by atoms with E-state index in [2.05, 4.69) is 18.7 Å². The van der Waals surface area contributed by atoms with E-state index >= 15 is 0 Å². The molecular formula is C13H13NO. The number of carbonyl (C=O) groups is 1. The first-order valence-electron chi connectivity index (χ1n) is 5.00. The van der Waals surface area contributed by atoms with Crippen LogP contribution in [0.4, 0.5) is 0 Å². The smallest absolute Gasteiger partial charge is 0.251 e. The molecule has 2 rings (SSSR count). The van der Waals surface area contributed by atoms with E-state index in [9.17, 15) is 4.79 Å². The van der Waals surface area contributed by atoms with E-state index in [0.717, 1.165) is 12.1 Å². The van der Waals surface area contributed by atoms with Crippen LogP contribution in [0.15, 0.2) is 54.8 Å². The van der Waals surface area contributed by atoms with Gasteiger partial charge in [-0.25, -0.2) is 0 Å². The topological polar surface area (TPSA) is 20.3 Å². The van der Waals surface area contributed by atoms with E-state index in [1.54, 1.807) is 17.1 Å². The van der Waals surface area contributed by atoms with E-state index in [1.165, 1.54) is 5.56 Å². The van der Waals surface area contributed by atoms with Gasteiger partial charge in [-0.05, 0) is 18.1 Å². The fraction of sp³-hybridized carbons (Fsp3) is 0.154. The highest BCUT2D eigenvalue weighted by atomic mass is 16.2. The molecule has 2 nitrogen and oxygen atoms in total. The Morgan fingerprint density at radius 1 is 1.13 bits per heavy atom. The monoisotopic (exact) mass is 199 g/mol. The third kappa shape index (κ3) is 2.15. The maximum atomic E-state index is 11.4. The van der Waals surface area contributed by atoms with Crippen LogP contribution in [0.1, 0.15) is 5.56 Å². The lowest BCUT2D eigenvalue weighted by molar-refractivity contribution is -0.123. The summed E-state index contributed by atoms with van der Waals surface area (Å²) in [4.78, 5) is 13.1. The van der Waals surface area contributed by atoms with Gasteiger partial charge in [0, 0.05) is 18.3 Å². The Balaban J connectivity index is 1.95. The quantitative estimate of drug-likeness (QED) is 0.730. The first-order chi connectivity index (χ1) is 7.27. The van der Waals surface area contributed by atoms with Crippen molar-refractivity contribution in [2.24, 2.45) is 0 Å². The summed E-state index contributed by atoms with van der Waals surface area (Å²) in [5, 5.41) is 0. The van der Waals surface area contributed by atoms with Gasteiger partial charge in [0.2, 0.25) is 0 Å². The maximum Gasteiger partial charge on any atom is 0.251 e. The van der Waals surface area contributed by atoms with Crippen molar-refractivity contribution in [1.29, 1.82) is 0 Å². The number of benzene rings is 1. The first kappa shape index (κ1) is 9.71. The average molecular weight is 199 g/mol. The molecule has 0 radical (unpaired) electrons. The lowest BCUT2D eigenvalue weighted by Crippen LogP contribution is -2.25. The van der Waals surface area contributed by atoms with Crippen molar-refractivity contribution >= 4 is 5.91 Å². The van der Waals surface area contributed by atoms with Crippen LogP contribution in [0.5, 0.6) is 0 Å². The van der Waals surface area contributed by atoms with Crippen LogP contribution in [-0.4, -0.2) is 17.4 Å². The molecule has 0 N–H and O–H groups in total. The molecule has 1 aliphatic heterocycles. The number of amides is 1. The van der Waals surface area contributed by atoms with E-state index in [1.807, 2.05) is 18.2 Å². The Kier molecular flexibility index (Phi) is 2.68. The Morgan fingerprint density at radius 2 is 1.87 bits per heavy atom. The molecular weight excluding hydrogens is 186 g/mol. The average Bonchev–Trinajstić information content (AvgIpc) is 2.58. The van der Waals surface area contributed by atoms with Gasteiger partial charge in [0.1, 0.15) is 0 Å². The van der Waals surface area contributed by atoms with Gasteiger partial charge in [0.15, 0.2) is 0 Å². The molecule has 1 amide bonds. The van der Waals surface area contributed by atoms with Crippen LogP contribution in [0.2, 0.25) is 0 Å². The molecule has 0 saturated carbocycles. The Labute approximate surface area is 89.5 Å². The predicted octanol–water partition coefficient (Wildman–Crippen LogP) is 2.14. The standard InChI is InChI=1S/C13H13NO/c1-11-7-8-13(15)14(11)10-9-12-5-3-2-4-6-12/h2-8H,1,9-10H2. The molecule has 0 saturated heterocycles. The van der Waals surface area contributed by atoms with Crippen LogP contribution in [-0.2, 0) is 11.2 Å². The molecule has 0 unspecified atom stereocenters. The van der Waals surface area contributed by atoms with Gasteiger partial charge in [-0.3, -0.25) is 4.79 Å². The summed E-state index contributed by atoms with van der Waals surface area (Å²) in [5.74, 6) is 0.0379. The van der Waals surface area contributed by atoms with Gasteiger partial charge < -0.3 is 4.90 Å². The zero-order chi connectivity index (χ0) is 10.7. The normalized spacial score (nSPS) is 15.1. The Morgan fingerprint density at radius 3 is 2.47 bits per heavy atom. The summed E-state index contributed by atoms with van der Waals surface area (Å²) < 4.78 is 0. The second-order valence-corrected chi connectivity index (χ2v) is 3.55. The van der Waals surface area contributed by atoms with Gasteiger partial charge in [0.25, 0.3) is 5.91 Å². The fourth-order valence-electron chi connectivity index (χ4n) is 1.63. The molecule has 0 bridgehead atoms. The summed E-state index contributed by atoms with van der Waals surface area (Å²) in [6, 6.07) is 10.1. The zero-order valence-electron chi connectivity index (χ0n) is 8.52. The molecule has 0 atom stereocenters. The minimum Gasteiger partial charge on any atom is -0.309 e. The maximum absolute atomic E-state index is 11.4. The van der Waals surface area contributed by atoms with Gasteiger partial charge in [-0.15, -0.1) is 0 Å². The van der Waals surface area contributed by atoms with Crippen molar-refractivity contribution in [1.82, 2.24) is 4.90 Å². The summed E-state index contributed by atoms with van der Waals surface area (Å²) in [6.07, 6.45) is 4.19. The SMILES string of the molecule is C=C1C=CC(=O)N1CCc1ccccc1. The molecule has 0 fully saturated rings. The summed E-state index contributed by atoms with van der Waals surface area (Å²) in [7, 11) is 0. The number of hydrogen-bond acceptors (Lipinski definition) is 1. The molecule has 0 spiro atoms. The molecule has 1 heterocycles. The van der Waals surface area contributed by atoms with Crippen LogP contribution in [0, 0.1) is 0 Å². The lowest BCUT2D eigenvalue weighted by Gasteiger charge is -2.16. The van der Waals surface area contributed by atoms with Crippen molar-refractivity contribution in [2.45, 2.75) is 6.42 Å². The van der Waals surface area contributed by atoms with E-state index in [0.29, 0.717) is 6.54 Å². The molecule has 0 aromatic heterocycles. The molecule has 0 aliphatic carbocycles. The molecule has 1 aromatic rings. The second kappa shape index (κ2) is 4.13. The van der Waals surface area contributed by atoms with Gasteiger partial charge in [0.05, 0.1) is 0 Å². The summed E-state index contributed by atoms with van der Waals surface area (Å²) >= 11 is 0. The van der Waals surface area contributed by atoms with Crippen molar-refractivity contribution < 1.29 is 4.79 Å². The Bertz CT molecular complexity index is 388. The Hall–Kier alpha value is -1.83. The number of allylic oxidation sites excluding steroid dienone is 1. The van der Waals surface area contributed by atoms with E-state index in [-0.39, 0.29) is 5.91 Å². The van der Waals surface area contributed by atoms with Crippen molar-refractivity contribution in [2.75, 3.05) is 6.54 Å². The van der Waals surface area contributed by atoms with E-state index in [4.69, 9.17) is 0 Å². The zero-order valence-corrected chi connectivity index (χ0v) is 8.52. The van der Waals surface area contributed by atoms with Crippen molar-refractivity contribution in [3.05, 3.63) is 60.3 Å². The highest BCUT2D eigenvalue weighted by Crippen LogP contribution is 2.13. The summed E-state index contributed by atoms with van der Waals surface area (Å²) in [6.45, 7) is 4.52. The number of hydrogen-bond donors (Lipinski definition) is 0. The van der Waals surface area contributed by atoms with Crippen LogP contribution in [0.3, 0.4) is 0 Å². The summed E-state index contributed by atoms with van der Waals surface area (Å²) in [5.41, 5.74) is 2.03. The van der Waals surface area contributed by atoms with E-state index < -0.39 is 0 Å². The van der Waals surface area contributed by atoms with Gasteiger partial charge in [-0.1, -0.05) is 36.9 Å².